The molecule has 19 heavy (non-hydrogen) atoms. The van der Waals surface area contributed by atoms with Gasteiger partial charge in [-0.3, -0.25) is 4.79 Å². The van der Waals surface area contributed by atoms with Crippen LogP contribution in [0.25, 0.3) is 0 Å². The predicted octanol–water partition coefficient (Wildman–Crippen LogP) is 1.68. The van der Waals surface area contributed by atoms with Crippen molar-refractivity contribution in [2.75, 3.05) is 19.6 Å². The Morgan fingerprint density at radius 2 is 2.00 bits per heavy atom. The summed E-state index contributed by atoms with van der Waals surface area (Å²) in [6.07, 6.45) is 3.35. The van der Waals surface area contributed by atoms with Gasteiger partial charge in [-0.25, -0.2) is 0 Å². The van der Waals surface area contributed by atoms with Gasteiger partial charge in [-0.05, 0) is 51.6 Å². The number of carbonyl (C=O) groups excluding carboxylic acids is 1. The third-order valence-corrected chi connectivity index (χ3v) is 4.20. The minimum atomic E-state index is -0.814. The van der Waals surface area contributed by atoms with Gasteiger partial charge in [0.2, 0.25) is 5.91 Å². The van der Waals surface area contributed by atoms with Crippen LogP contribution in [0.5, 0.6) is 0 Å². The molecular formula is C15H30N2O2. The molecule has 1 aliphatic rings. The lowest BCUT2D eigenvalue weighted by atomic mass is 9.75. The molecule has 0 aromatic carbocycles. The van der Waals surface area contributed by atoms with Crippen LogP contribution in [0.2, 0.25) is 0 Å². The maximum Gasteiger partial charge on any atom is 0.226 e. The molecule has 3 N–H and O–H groups in total. The average Bonchev–Trinajstić information content (AvgIpc) is 2.35. The van der Waals surface area contributed by atoms with Crippen molar-refractivity contribution >= 4 is 5.91 Å². The van der Waals surface area contributed by atoms with Gasteiger partial charge < -0.3 is 15.7 Å². The Bertz CT molecular complexity index is 295. The van der Waals surface area contributed by atoms with Crippen molar-refractivity contribution in [1.29, 1.82) is 0 Å². The van der Waals surface area contributed by atoms with E-state index in [-0.39, 0.29) is 11.3 Å². The minimum Gasteiger partial charge on any atom is -0.388 e. The lowest BCUT2D eigenvalue weighted by Gasteiger charge is -2.36. The van der Waals surface area contributed by atoms with E-state index in [2.05, 4.69) is 31.4 Å². The molecule has 1 heterocycles. The van der Waals surface area contributed by atoms with E-state index in [9.17, 15) is 9.90 Å². The molecule has 1 aliphatic heterocycles. The Hall–Kier alpha value is -0.610. The smallest absolute Gasteiger partial charge is 0.226 e. The monoisotopic (exact) mass is 270 g/mol. The van der Waals surface area contributed by atoms with Gasteiger partial charge in [0.15, 0.2) is 0 Å². The maximum absolute atomic E-state index is 12.4. The van der Waals surface area contributed by atoms with Crippen LogP contribution in [-0.2, 0) is 4.79 Å². The van der Waals surface area contributed by atoms with Crippen LogP contribution in [0.1, 0.15) is 53.4 Å². The summed E-state index contributed by atoms with van der Waals surface area (Å²) in [4.78, 5) is 12.4. The van der Waals surface area contributed by atoms with Gasteiger partial charge in [0.1, 0.15) is 0 Å². The zero-order valence-corrected chi connectivity index (χ0v) is 12.9. The second kappa shape index (κ2) is 6.71. The zero-order valence-electron chi connectivity index (χ0n) is 12.9. The van der Waals surface area contributed by atoms with Crippen LogP contribution in [0, 0.1) is 11.3 Å². The highest BCUT2D eigenvalue weighted by atomic mass is 16.3. The molecule has 1 rings (SSSR count). The molecule has 0 aromatic rings. The molecule has 1 atom stereocenters. The summed E-state index contributed by atoms with van der Waals surface area (Å²) in [7, 11) is 0. The highest BCUT2D eigenvalue weighted by Gasteiger charge is 2.38. The summed E-state index contributed by atoms with van der Waals surface area (Å²) >= 11 is 0. The van der Waals surface area contributed by atoms with Gasteiger partial charge in [0.25, 0.3) is 0 Å². The summed E-state index contributed by atoms with van der Waals surface area (Å²) in [5, 5.41) is 16.5. The third-order valence-electron chi connectivity index (χ3n) is 4.20. The summed E-state index contributed by atoms with van der Waals surface area (Å²) < 4.78 is 0. The van der Waals surface area contributed by atoms with E-state index in [0.29, 0.717) is 18.9 Å². The first kappa shape index (κ1) is 16.4. The Balaban J connectivity index is 2.53. The van der Waals surface area contributed by atoms with E-state index >= 15 is 0 Å². The van der Waals surface area contributed by atoms with E-state index in [1.165, 1.54) is 0 Å². The van der Waals surface area contributed by atoms with Crippen molar-refractivity contribution in [3.63, 3.8) is 0 Å². The van der Waals surface area contributed by atoms with Crippen molar-refractivity contribution in [2.24, 2.45) is 11.3 Å². The summed E-state index contributed by atoms with van der Waals surface area (Å²) in [6, 6.07) is 0. The Kier molecular flexibility index (Phi) is 5.81. The minimum absolute atomic E-state index is 0.112. The van der Waals surface area contributed by atoms with Gasteiger partial charge in [0, 0.05) is 6.54 Å². The Morgan fingerprint density at radius 3 is 2.47 bits per heavy atom. The lowest BCUT2D eigenvalue weighted by Crippen LogP contribution is -2.51. The van der Waals surface area contributed by atoms with E-state index in [4.69, 9.17) is 0 Å². The van der Waals surface area contributed by atoms with E-state index in [0.717, 1.165) is 32.4 Å². The maximum atomic E-state index is 12.4. The van der Waals surface area contributed by atoms with E-state index in [1.807, 2.05) is 0 Å². The third kappa shape index (κ3) is 4.77. The van der Waals surface area contributed by atoms with Crippen LogP contribution >= 0.6 is 0 Å². The van der Waals surface area contributed by atoms with Gasteiger partial charge in [0.05, 0.1) is 11.0 Å². The second-order valence-corrected chi connectivity index (χ2v) is 6.66. The number of rotatable bonds is 6. The highest BCUT2D eigenvalue weighted by molar-refractivity contribution is 5.82. The molecule has 1 fully saturated rings. The Morgan fingerprint density at radius 1 is 1.42 bits per heavy atom. The van der Waals surface area contributed by atoms with Crippen LogP contribution in [-0.4, -0.2) is 36.2 Å². The van der Waals surface area contributed by atoms with E-state index < -0.39 is 5.60 Å². The zero-order chi connectivity index (χ0) is 14.5. The molecule has 112 valence electrons. The molecule has 0 radical (unpaired) electrons. The van der Waals surface area contributed by atoms with Crippen molar-refractivity contribution in [3.8, 4) is 0 Å². The van der Waals surface area contributed by atoms with Crippen molar-refractivity contribution in [3.05, 3.63) is 0 Å². The van der Waals surface area contributed by atoms with Gasteiger partial charge in [-0.15, -0.1) is 0 Å². The molecule has 1 unspecified atom stereocenters. The Labute approximate surface area is 117 Å². The largest absolute Gasteiger partial charge is 0.388 e. The summed E-state index contributed by atoms with van der Waals surface area (Å²) in [6.45, 7) is 10.2. The molecule has 0 aromatic heterocycles. The lowest BCUT2D eigenvalue weighted by molar-refractivity contribution is -0.134. The first-order valence-electron chi connectivity index (χ1n) is 7.53. The first-order chi connectivity index (χ1) is 8.81. The molecule has 4 nitrogen and oxygen atoms in total. The fourth-order valence-corrected chi connectivity index (χ4v) is 3.06. The fraction of sp³-hybridized carbons (Fsp3) is 0.933. The topological polar surface area (TPSA) is 61.4 Å². The van der Waals surface area contributed by atoms with Crippen molar-refractivity contribution in [2.45, 2.75) is 59.0 Å². The molecule has 0 saturated carbocycles. The standard InChI is InChI=1S/C15H30N2O2/c1-5-15(6-8-16-9-7-15)13(18)17-11-14(4,19)10-12(2)3/h12,16,19H,5-11H2,1-4H3,(H,17,18). The number of amides is 1. The molecule has 0 bridgehead atoms. The van der Waals surface area contributed by atoms with E-state index in [1.54, 1.807) is 6.92 Å². The summed E-state index contributed by atoms with van der Waals surface area (Å²) in [5.41, 5.74) is -1.05. The van der Waals surface area contributed by atoms with Crippen LogP contribution in [0.4, 0.5) is 0 Å². The normalized spacial score (nSPS) is 22.0. The number of piperidine rings is 1. The molecule has 1 saturated heterocycles. The van der Waals surface area contributed by atoms with Crippen molar-refractivity contribution < 1.29 is 9.90 Å². The number of nitrogens with one attached hydrogen (secondary N) is 2. The number of carbonyl (C=O) groups is 1. The van der Waals surface area contributed by atoms with Gasteiger partial charge in [-0.2, -0.15) is 0 Å². The van der Waals surface area contributed by atoms with Gasteiger partial charge in [-0.1, -0.05) is 20.8 Å². The van der Waals surface area contributed by atoms with Crippen LogP contribution < -0.4 is 10.6 Å². The fourth-order valence-electron chi connectivity index (χ4n) is 3.06. The number of aliphatic hydroxyl groups is 1. The molecule has 4 heteroatoms. The van der Waals surface area contributed by atoms with Gasteiger partial charge >= 0.3 is 0 Å². The number of hydrogen-bond acceptors (Lipinski definition) is 3. The number of hydrogen-bond donors (Lipinski definition) is 3. The molecule has 0 aliphatic carbocycles. The molecule has 0 spiro atoms. The predicted molar refractivity (Wildman–Crippen MR) is 77.9 cm³/mol. The molecule has 1 amide bonds. The highest BCUT2D eigenvalue weighted by Crippen LogP contribution is 2.32. The summed E-state index contributed by atoms with van der Waals surface area (Å²) in [5.74, 6) is 0.534. The quantitative estimate of drug-likeness (QED) is 0.688. The second-order valence-electron chi connectivity index (χ2n) is 6.66. The average molecular weight is 270 g/mol. The van der Waals surface area contributed by atoms with Crippen LogP contribution in [0.3, 0.4) is 0 Å². The van der Waals surface area contributed by atoms with Crippen LogP contribution in [0.15, 0.2) is 0 Å². The van der Waals surface area contributed by atoms with Crippen molar-refractivity contribution in [1.82, 2.24) is 10.6 Å². The SMILES string of the molecule is CCC1(C(=O)NCC(C)(O)CC(C)C)CCNCC1. The first-order valence-corrected chi connectivity index (χ1v) is 7.53. The molecular weight excluding hydrogens is 240 g/mol.